The highest BCUT2D eigenvalue weighted by Crippen LogP contribution is 2.34. The highest BCUT2D eigenvalue weighted by atomic mass is 32.1. The maximum atomic E-state index is 12.7. The van der Waals surface area contributed by atoms with Crippen molar-refractivity contribution in [1.29, 1.82) is 0 Å². The van der Waals surface area contributed by atoms with E-state index in [1.165, 1.54) is 0 Å². The maximum absolute atomic E-state index is 12.7. The molecule has 4 rings (SSSR count). The molecule has 2 aromatic carbocycles. The van der Waals surface area contributed by atoms with Crippen LogP contribution in [-0.2, 0) is 0 Å². The number of aromatic nitrogens is 1. The van der Waals surface area contributed by atoms with Crippen LogP contribution in [0.4, 0.5) is 15.6 Å². The lowest BCUT2D eigenvalue weighted by Gasteiger charge is -2.34. The number of benzene rings is 2. The van der Waals surface area contributed by atoms with Gasteiger partial charge in [-0.1, -0.05) is 17.4 Å². The quantitative estimate of drug-likeness (QED) is 0.668. The van der Waals surface area contributed by atoms with Gasteiger partial charge in [-0.2, -0.15) is 0 Å². The number of amides is 2. The zero-order valence-corrected chi connectivity index (χ0v) is 18.0. The third-order valence-electron chi connectivity index (χ3n) is 5.06. The fourth-order valence-corrected chi connectivity index (χ4v) is 4.46. The molecule has 1 aromatic heterocycles. The Hall–Kier alpha value is -3.20. The molecule has 0 atom stereocenters. The summed E-state index contributed by atoms with van der Waals surface area (Å²) in [4.78, 5) is 21.5. The molecule has 1 N–H and O–H groups in total. The largest absolute Gasteiger partial charge is 0.494 e. The van der Waals surface area contributed by atoms with Gasteiger partial charge in [0.2, 0.25) is 0 Å². The van der Waals surface area contributed by atoms with E-state index in [1.807, 2.05) is 18.2 Å². The standard InChI is InChI=1S/C21H24N4O4S/c1-27-15-8-7-14(13-17(15)29-3)22-20(26)24-9-11-25(12-10-24)21-23-19-16(28-2)5-4-6-18(19)30-21/h4-8,13H,9-12H2,1-3H3,(H,22,26). The first kappa shape index (κ1) is 20.1. The minimum absolute atomic E-state index is 0.132. The lowest BCUT2D eigenvalue weighted by Crippen LogP contribution is -2.50. The molecule has 0 unspecified atom stereocenters. The van der Waals surface area contributed by atoms with E-state index in [0.29, 0.717) is 30.3 Å². The first-order valence-corrected chi connectivity index (χ1v) is 10.4. The van der Waals surface area contributed by atoms with Crippen LogP contribution in [0.5, 0.6) is 17.2 Å². The molecule has 0 saturated carbocycles. The van der Waals surface area contributed by atoms with Crippen LogP contribution in [0.2, 0.25) is 0 Å². The second-order valence-corrected chi connectivity index (χ2v) is 7.79. The summed E-state index contributed by atoms with van der Waals surface area (Å²) in [6.07, 6.45) is 0. The number of anilines is 2. The van der Waals surface area contributed by atoms with E-state index < -0.39 is 0 Å². The summed E-state index contributed by atoms with van der Waals surface area (Å²) in [6.45, 7) is 2.68. The number of fused-ring (bicyclic) bond motifs is 1. The average Bonchev–Trinajstić information content (AvgIpc) is 3.23. The Bertz CT molecular complexity index is 1050. The Kier molecular flexibility index (Phi) is 5.80. The summed E-state index contributed by atoms with van der Waals surface area (Å²) in [5, 5.41) is 3.89. The molecule has 3 aromatic rings. The zero-order valence-electron chi connectivity index (χ0n) is 17.2. The Labute approximate surface area is 179 Å². The van der Waals surface area contributed by atoms with Crippen molar-refractivity contribution in [2.45, 2.75) is 0 Å². The summed E-state index contributed by atoms with van der Waals surface area (Å²) in [5.41, 5.74) is 1.55. The number of hydrogen-bond acceptors (Lipinski definition) is 7. The van der Waals surface area contributed by atoms with Crippen LogP contribution < -0.4 is 24.4 Å². The normalized spacial score (nSPS) is 14.0. The highest BCUT2D eigenvalue weighted by molar-refractivity contribution is 7.22. The van der Waals surface area contributed by atoms with E-state index in [0.717, 1.165) is 34.2 Å². The van der Waals surface area contributed by atoms with Gasteiger partial charge >= 0.3 is 6.03 Å². The second kappa shape index (κ2) is 8.66. The molecule has 0 bridgehead atoms. The van der Waals surface area contributed by atoms with Crippen molar-refractivity contribution in [2.24, 2.45) is 0 Å². The van der Waals surface area contributed by atoms with Crippen LogP contribution in [0.25, 0.3) is 10.2 Å². The molecule has 9 heteroatoms. The lowest BCUT2D eigenvalue weighted by molar-refractivity contribution is 0.208. The van der Waals surface area contributed by atoms with E-state index in [1.54, 1.807) is 55.8 Å². The van der Waals surface area contributed by atoms with Gasteiger partial charge in [0.1, 0.15) is 11.3 Å². The fourth-order valence-electron chi connectivity index (χ4n) is 3.43. The number of rotatable bonds is 5. The van der Waals surface area contributed by atoms with Crippen molar-refractivity contribution >= 4 is 38.4 Å². The van der Waals surface area contributed by atoms with E-state index in [4.69, 9.17) is 19.2 Å². The van der Waals surface area contributed by atoms with Crippen LogP contribution in [-0.4, -0.2) is 63.4 Å². The van der Waals surface area contributed by atoms with Gasteiger partial charge in [-0.25, -0.2) is 9.78 Å². The van der Waals surface area contributed by atoms with Gasteiger partial charge in [-0.15, -0.1) is 0 Å². The number of para-hydroxylation sites is 1. The summed E-state index contributed by atoms with van der Waals surface area (Å²) in [7, 11) is 4.81. The lowest BCUT2D eigenvalue weighted by atomic mass is 10.2. The van der Waals surface area contributed by atoms with Crippen molar-refractivity contribution in [3.05, 3.63) is 36.4 Å². The van der Waals surface area contributed by atoms with Crippen molar-refractivity contribution in [3.63, 3.8) is 0 Å². The number of ether oxygens (including phenoxy) is 3. The minimum Gasteiger partial charge on any atom is -0.494 e. The molecule has 0 aliphatic carbocycles. The van der Waals surface area contributed by atoms with Crippen molar-refractivity contribution in [1.82, 2.24) is 9.88 Å². The number of nitrogens with zero attached hydrogens (tertiary/aromatic N) is 3. The van der Waals surface area contributed by atoms with Gasteiger partial charge in [0, 0.05) is 37.9 Å². The molecular formula is C21H24N4O4S. The summed E-state index contributed by atoms with van der Waals surface area (Å²) < 4.78 is 17.0. The van der Waals surface area contributed by atoms with Gasteiger partial charge in [0.15, 0.2) is 16.6 Å². The molecule has 1 saturated heterocycles. The maximum Gasteiger partial charge on any atom is 0.321 e. The van der Waals surface area contributed by atoms with Crippen LogP contribution in [0.3, 0.4) is 0 Å². The molecule has 1 aliphatic heterocycles. The second-order valence-electron chi connectivity index (χ2n) is 6.78. The zero-order chi connectivity index (χ0) is 21.1. The van der Waals surface area contributed by atoms with Gasteiger partial charge < -0.3 is 29.3 Å². The first-order chi connectivity index (χ1) is 14.6. The predicted molar refractivity (Wildman–Crippen MR) is 119 cm³/mol. The van der Waals surface area contributed by atoms with E-state index >= 15 is 0 Å². The van der Waals surface area contributed by atoms with Crippen LogP contribution >= 0.6 is 11.3 Å². The molecule has 1 fully saturated rings. The number of methoxy groups -OCH3 is 3. The molecular weight excluding hydrogens is 404 g/mol. The third-order valence-corrected chi connectivity index (χ3v) is 6.14. The van der Waals surface area contributed by atoms with Crippen LogP contribution in [0, 0.1) is 0 Å². The first-order valence-electron chi connectivity index (χ1n) is 9.59. The Balaban J connectivity index is 1.39. The molecule has 0 spiro atoms. The third kappa shape index (κ3) is 3.93. The molecule has 0 radical (unpaired) electrons. The number of urea groups is 1. The van der Waals surface area contributed by atoms with Crippen molar-refractivity contribution in [3.8, 4) is 17.2 Å². The Morgan fingerprint density at radius 3 is 2.40 bits per heavy atom. The molecule has 2 heterocycles. The van der Waals surface area contributed by atoms with Crippen LogP contribution in [0.15, 0.2) is 36.4 Å². The molecule has 8 nitrogen and oxygen atoms in total. The SMILES string of the molecule is COc1ccc(NC(=O)N2CCN(c3nc4c(OC)cccc4s3)CC2)cc1OC. The molecule has 2 amide bonds. The van der Waals surface area contributed by atoms with E-state index in [-0.39, 0.29) is 6.03 Å². The number of hydrogen-bond donors (Lipinski definition) is 1. The van der Waals surface area contributed by atoms with Crippen LogP contribution in [0.1, 0.15) is 0 Å². The fraction of sp³-hybridized carbons (Fsp3) is 0.333. The summed E-state index contributed by atoms with van der Waals surface area (Å²) in [5.74, 6) is 1.98. The average molecular weight is 429 g/mol. The van der Waals surface area contributed by atoms with Crippen molar-refractivity contribution < 1.29 is 19.0 Å². The Morgan fingerprint density at radius 2 is 1.70 bits per heavy atom. The summed E-state index contributed by atoms with van der Waals surface area (Å²) in [6, 6.07) is 11.1. The smallest absolute Gasteiger partial charge is 0.321 e. The highest BCUT2D eigenvalue weighted by Gasteiger charge is 2.24. The van der Waals surface area contributed by atoms with Crippen molar-refractivity contribution in [2.75, 3.05) is 57.7 Å². The van der Waals surface area contributed by atoms with Gasteiger partial charge in [-0.3, -0.25) is 0 Å². The van der Waals surface area contributed by atoms with E-state index in [2.05, 4.69) is 10.2 Å². The minimum atomic E-state index is -0.132. The topological polar surface area (TPSA) is 76.2 Å². The predicted octanol–water partition coefficient (Wildman–Crippen LogP) is 3.68. The number of carbonyl (C=O) groups excluding carboxylic acids is 1. The van der Waals surface area contributed by atoms with Gasteiger partial charge in [0.05, 0.1) is 26.0 Å². The number of piperazine rings is 1. The van der Waals surface area contributed by atoms with E-state index in [9.17, 15) is 4.79 Å². The number of carbonyl (C=O) groups is 1. The Morgan fingerprint density at radius 1 is 0.967 bits per heavy atom. The molecule has 1 aliphatic rings. The number of nitrogens with one attached hydrogen (secondary N) is 1. The monoisotopic (exact) mass is 428 g/mol. The van der Waals surface area contributed by atoms with Gasteiger partial charge in [-0.05, 0) is 24.3 Å². The van der Waals surface area contributed by atoms with Gasteiger partial charge in [0.25, 0.3) is 0 Å². The molecule has 158 valence electrons. The summed E-state index contributed by atoms with van der Waals surface area (Å²) >= 11 is 1.64. The number of thiazole rings is 1. The molecule has 30 heavy (non-hydrogen) atoms.